The van der Waals surface area contributed by atoms with Crippen molar-refractivity contribution >= 4 is 17.5 Å². The fourth-order valence-electron chi connectivity index (χ4n) is 3.88. The van der Waals surface area contributed by atoms with E-state index >= 15 is 0 Å². The molecule has 2 aliphatic rings. The lowest BCUT2D eigenvalue weighted by Gasteiger charge is -2.22. The van der Waals surface area contributed by atoms with Crippen LogP contribution in [0.1, 0.15) is 18.9 Å². The van der Waals surface area contributed by atoms with E-state index in [9.17, 15) is 9.59 Å². The van der Waals surface area contributed by atoms with Crippen LogP contribution in [0.3, 0.4) is 0 Å². The van der Waals surface area contributed by atoms with Gasteiger partial charge in [0.05, 0.1) is 17.5 Å². The van der Waals surface area contributed by atoms with Crippen LogP contribution >= 0.6 is 0 Å². The molecule has 0 aromatic heterocycles. The van der Waals surface area contributed by atoms with Gasteiger partial charge in [-0.25, -0.2) is 0 Å². The van der Waals surface area contributed by atoms with Crippen LogP contribution in [0, 0.1) is 24.7 Å². The Hall–Kier alpha value is -2.88. The number of carbonyl (C=O) groups excluding carboxylic acids is 2. The van der Waals surface area contributed by atoms with Crippen LogP contribution < -0.4 is 9.64 Å². The van der Waals surface area contributed by atoms with Gasteiger partial charge in [-0.2, -0.15) is 0 Å². The van der Waals surface area contributed by atoms with E-state index in [0.29, 0.717) is 17.9 Å². The Balaban J connectivity index is 1.55. The van der Waals surface area contributed by atoms with Gasteiger partial charge in [0.15, 0.2) is 0 Å². The smallest absolute Gasteiger partial charge is 0.238 e. The zero-order valence-electron chi connectivity index (χ0n) is 14.9. The summed E-state index contributed by atoms with van der Waals surface area (Å²) in [6.07, 6.45) is 4.69. The fourth-order valence-corrected chi connectivity index (χ4v) is 3.88. The molecule has 0 radical (unpaired) electrons. The van der Waals surface area contributed by atoms with Gasteiger partial charge < -0.3 is 4.74 Å². The third-order valence-corrected chi connectivity index (χ3v) is 5.19. The topological polar surface area (TPSA) is 46.6 Å². The molecule has 1 heterocycles. The van der Waals surface area contributed by atoms with E-state index in [1.54, 1.807) is 24.3 Å². The summed E-state index contributed by atoms with van der Waals surface area (Å²) in [5.41, 5.74) is 1.73. The normalized spacial score (nSPS) is 24.7. The highest BCUT2D eigenvalue weighted by Gasteiger charge is 2.50. The minimum atomic E-state index is -0.240. The number of allylic oxidation sites excluding steroid dienone is 2. The Morgan fingerprint density at radius 2 is 1.77 bits per heavy atom. The minimum Gasteiger partial charge on any atom is -0.457 e. The maximum atomic E-state index is 12.8. The predicted octanol–water partition coefficient (Wildman–Crippen LogP) is 4.49. The van der Waals surface area contributed by atoms with Gasteiger partial charge in [-0.05, 0) is 61.2 Å². The first-order chi connectivity index (χ1) is 12.5. The number of carbonyl (C=O) groups is 2. The highest BCUT2D eigenvalue weighted by atomic mass is 16.5. The molecular formula is C22H21NO3. The summed E-state index contributed by atoms with van der Waals surface area (Å²) in [6, 6.07) is 14.9. The summed E-state index contributed by atoms with van der Waals surface area (Å²) in [5.74, 6) is 0.871. The summed E-state index contributed by atoms with van der Waals surface area (Å²) in [5, 5.41) is 0. The van der Waals surface area contributed by atoms with Gasteiger partial charge in [0.1, 0.15) is 11.5 Å². The van der Waals surface area contributed by atoms with Crippen LogP contribution in [0.15, 0.2) is 60.7 Å². The number of anilines is 1. The largest absolute Gasteiger partial charge is 0.457 e. The van der Waals surface area contributed by atoms with Crippen LogP contribution in [-0.4, -0.2) is 11.8 Å². The van der Waals surface area contributed by atoms with E-state index in [4.69, 9.17) is 4.74 Å². The van der Waals surface area contributed by atoms with Crippen molar-refractivity contribution in [2.24, 2.45) is 17.8 Å². The lowest BCUT2D eigenvalue weighted by atomic mass is 9.78. The summed E-state index contributed by atoms with van der Waals surface area (Å²) in [7, 11) is 0. The van der Waals surface area contributed by atoms with Crippen LogP contribution in [0.4, 0.5) is 5.69 Å². The van der Waals surface area contributed by atoms with Crippen LogP contribution in [0.25, 0.3) is 0 Å². The predicted molar refractivity (Wildman–Crippen MR) is 100 cm³/mol. The standard InChI is InChI=1S/C22H21NO3/c1-14-5-3-7-18(13-14)26-17-11-9-16(10-12-17)23-21(24)19-8-4-6-15(2)20(19)22(23)25/h3-7,9-13,15,19-20H,8H2,1-2H3/t15-,19-,20+/m1/s1. The van der Waals surface area contributed by atoms with Crippen LogP contribution in [-0.2, 0) is 9.59 Å². The quantitative estimate of drug-likeness (QED) is 0.607. The lowest BCUT2D eigenvalue weighted by molar-refractivity contribution is -0.122. The molecule has 0 saturated carbocycles. The number of fused-ring (bicyclic) bond motifs is 1. The number of rotatable bonds is 3. The number of nitrogens with zero attached hydrogens (tertiary/aromatic N) is 1. The van der Waals surface area contributed by atoms with Crippen molar-refractivity contribution in [2.45, 2.75) is 20.3 Å². The van der Waals surface area contributed by atoms with E-state index < -0.39 is 0 Å². The van der Waals surface area contributed by atoms with Gasteiger partial charge in [-0.3, -0.25) is 14.5 Å². The number of amides is 2. The molecule has 2 aromatic carbocycles. The molecule has 26 heavy (non-hydrogen) atoms. The number of benzene rings is 2. The average Bonchev–Trinajstić information content (AvgIpc) is 2.88. The highest BCUT2D eigenvalue weighted by Crippen LogP contribution is 2.40. The summed E-state index contributed by atoms with van der Waals surface area (Å²) >= 11 is 0. The number of hydrogen-bond donors (Lipinski definition) is 0. The van der Waals surface area contributed by atoms with Crippen molar-refractivity contribution < 1.29 is 14.3 Å². The van der Waals surface area contributed by atoms with Crippen molar-refractivity contribution in [3.63, 3.8) is 0 Å². The van der Waals surface area contributed by atoms with E-state index in [-0.39, 0.29) is 29.6 Å². The monoisotopic (exact) mass is 347 g/mol. The van der Waals surface area contributed by atoms with Gasteiger partial charge in [0, 0.05) is 0 Å². The van der Waals surface area contributed by atoms with Gasteiger partial charge in [0.2, 0.25) is 11.8 Å². The SMILES string of the molecule is Cc1cccc(Oc2ccc(N3C(=O)[C@H]4[C@H](C)C=CC[C@H]4C3=O)cc2)c1. The second-order valence-corrected chi connectivity index (χ2v) is 7.08. The highest BCUT2D eigenvalue weighted by molar-refractivity contribution is 6.22. The Kier molecular flexibility index (Phi) is 4.11. The Labute approximate surface area is 153 Å². The van der Waals surface area contributed by atoms with E-state index in [2.05, 4.69) is 0 Å². The van der Waals surface area contributed by atoms with Gasteiger partial charge >= 0.3 is 0 Å². The zero-order chi connectivity index (χ0) is 18.3. The van der Waals surface area contributed by atoms with E-state index in [0.717, 1.165) is 11.3 Å². The first-order valence-electron chi connectivity index (χ1n) is 8.93. The fraction of sp³-hybridized carbons (Fsp3) is 0.273. The molecule has 4 rings (SSSR count). The second kappa shape index (κ2) is 6.45. The molecule has 3 atom stereocenters. The maximum absolute atomic E-state index is 12.8. The molecule has 0 bridgehead atoms. The molecule has 1 fully saturated rings. The zero-order valence-corrected chi connectivity index (χ0v) is 14.9. The van der Waals surface area contributed by atoms with E-state index in [1.165, 1.54) is 4.90 Å². The first kappa shape index (κ1) is 16.6. The molecule has 2 amide bonds. The molecule has 0 unspecified atom stereocenters. The molecule has 1 aliphatic heterocycles. The Morgan fingerprint density at radius 1 is 1.00 bits per heavy atom. The van der Waals surface area contributed by atoms with Crippen molar-refractivity contribution in [1.82, 2.24) is 0 Å². The average molecular weight is 347 g/mol. The molecule has 4 nitrogen and oxygen atoms in total. The molecule has 4 heteroatoms. The number of imide groups is 1. The summed E-state index contributed by atoms with van der Waals surface area (Å²) in [4.78, 5) is 26.9. The van der Waals surface area contributed by atoms with Crippen LogP contribution in [0.5, 0.6) is 11.5 Å². The van der Waals surface area contributed by atoms with Crippen molar-refractivity contribution in [2.75, 3.05) is 4.90 Å². The second-order valence-electron chi connectivity index (χ2n) is 7.08. The van der Waals surface area contributed by atoms with Crippen molar-refractivity contribution in [3.8, 4) is 11.5 Å². The van der Waals surface area contributed by atoms with E-state index in [1.807, 2.05) is 50.3 Å². The maximum Gasteiger partial charge on any atom is 0.238 e. The lowest BCUT2D eigenvalue weighted by Crippen LogP contribution is -2.31. The molecular weight excluding hydrogens is 326 g/mol. The molecule has 0 spiro atoms. The number of aryl methyl sites for hydroxylation is 1. The number of hydrogen-bond acceptors (Lipinski definition) is 3. The Bertz CT molecular complexity index is 885. The number of ether oxygens (including phenoxy) is 1. The minimum absolute atomic E-state index is 0.0933. The molecule has 1 aliphatic carbocycles. The molecule has 132 valence electrons. The third-order valence-electron chi connectivity index (χ3n) is 5.19. The van der Waals surface area contributed by atoms with Crippen LogP contribution in [0.2, 0.25) is 0 Å². The van der Waals surface area contributed by atoms with Gasteiger partial charge in [-0.1, -0.05) is 31.2 Å². The van der Waals surface area contributed by atoms with Crippen molar-refractivity contribution in [1.29, 1.82) is 0 Å². The van der Waals surface area contributed by atoms with Gasteiger partial charge in [-0.15, -0.1) is 0 Å². The molecule has 1 saturated heterocycles. The third kappa shape index (κ3) is 2.81. The summed E-state index contributed by atoms with van der Waals surface area (Å²) < 4.78 is 5.84. The molecule has 2 aromatic rings. The summed E-state index contributed by atoms with van der Waals surface area (Å²) in [6.45, 7) is 4.01. The van der Waals surface area contributed by atoms with Gasteiger partial charge in [0.25, 0.3) is 0 Å². The Morgan fingerprint density at radius 3 is 2.46 bits per heavy atom. The molecule has 0 N–H and O–H groups in total. The first-order valence-corrected chi connectivity index (χ1v) is 8.93. The van der Waals surface area contributed by atoms with Crippen molar-refractivity contribution in [3.05, 3.63) is 66.2 Å².